The largest absolute Gasteiger partial charge is 0.408 e. The van der Waals surface area contributed by atoms with Gasteiger partial charge in [-0.25, -0.2) is 0 Å². The number of benzene rings is 1. The van der Waals surface area contributed by atoms with E-state index in [0.29, 0.717) is 18.5 Å². The van der Waals surface area contributed by atoms with Crippen molar-refractivity contribution in [2.45, 2.75) is 19.4 Å². The van der Waals surface area contributed by atoms with Gasteiger partial charge < -0.3 is 14.3 Å². The first-order chi connectivity index (χ1) is 10.3. The standard InChI is InChI=1S/C16H18N4O/c1-20-11-5-8-14(20)12-17-16-19-18-15(21-16)10-9-13-6-3-2-4-7-13/h2-8,11H,9-10,12H2,1H3,(H,17,19). The van der Waals surface area contributed by atoms with Crippen LogP contribution in [-0.2, 0) is 26.4 Å². The quantitative estimate of drug-likeness (QED) is 0.755. The highest BCUT2D eigenvalue weighted by atomic mass is 16.4. The first kappa shape index (κ1) is 13.4. The number of hydrogen-bond donors (Lipinski definition) is 1. The Balaban J connectivity index is 1.53. The summed E-state index contributed by atoms with van der Waals surface area (Å²) < 4.78 is 7.66. The Morgan fingerprint density at radius 2 is 1.90 bits per heavy atom. The van der Waals surface area contributed by atoms with E-state index >= 15 is 0 Å². The van der Waals surface area contributed by atoms with Gasteiger partial charge in [-0.3, -0.25) is 0 Å². The lowest BCUT2D eigenvalue weighted by Gasteiger charge is -2.02. The molecule has 3 rings (SSSR count). The van der Waals surface area contributed by atoms with Crippen LogP contribution in [0.1, 0.15) is 17.1 Å². The second-order valence-corrected chi connectivity index (χ2v) is 4.95. The van der Waals surface area contributed by atoms with Crippen molar-refractivity contribution in [1.82, 2.24) is 14.8 Å². The maximum Gasteiger partial charge on any atom is 0.315 e. The Morgan fingerprint density at radius 3 is 2.67 bits per heavy atom. The zero-order chi connectivity index (χ0) is 14.5. The van der Waals surface area contributed by atoms with Crippen molar-refractivity contribution in [3.63, 3.8) is 0 Å². The number of hydrogen-bond acceptors (Lipinski definition) is 4. The molecule has 0 saturated carbocycles. The molecule has 0 spiro atoms. The molecule has 0 saturated heterocycles. The van der Waals surface area contributed by atoms with Crippen LogP contribution >= 0.6 is 0 Å². The summed E-state index contributed by atoms with van der Waals surface area (Å²) in [7, 11) is 2.01. The number of aryl methyl sites for hydroxylation is 3. The highest BCUT2D eigenvalue weighted by molar-refractivity contribution is 5.21. The fraction of sp³-hybridized carbons (Fsp3) is 0.250. The average molecular weight is 282 g/mol. The van der Waals surface area contributed by atoms with Crippen LogP contribution in [0.15, 0.2) is 53.1 Å². The zero-order valence-electron chi connectivity index (χ0n) is 12.0. The fourth-order valence-electron chi connectivity index (χ4n) is 2.17. The molecular formula is C16H18N4O. The highest BCUT2D eigenvalue weighted by Gasteiger charge is 2.06. The van der Waals surface area contributed by atoms with Crippen molar-refractivity contribution >= 4 is 6.01 Å². The van der Waals surface area contributed by atoms with Crippen LogP contribution in [0.2, 0.25) is 0 Å². The first-order valence-electron chi connectivity index (χ1n) is 7.01. The van der Waals surface area contributed by atoms with Crippen molar-refractivity contribution in [2.24, 2.45) is 7.05 Å². The third-order valence-electron chi connectivity index (χ3n) is 3.41. The van der Waals surface area contributed by atoms with Crippen molar-refractivity contribution < 1.29 is 4.42 Å². The Morgan fingerprint density at radius 1 is 1.05 bits per heavy atom. The molecule has 5 heteroatoms. The second kappa shape index (κ2) is 6.26. The number of rotatable bonds is 6. The molecule has 0 aliphatic heterocycles. The van der Waals surface area contributed by atoms with Gasteiger partial charge in [0.25, 0.3) is 0 Å². The van der Waals surface area contributed by atoms with E-state index in [1.54, 1.807) is 0 Å². The topological polar surface area (TPSA) is 55.9 Å². The van der Waals surface area contributed by atoms with E-state index in [9.17, 15) is 0 Å². The lowest BCUT2D eigenvalue weighted by molar-refractivity contribution is 0.502. The SMILES string of the molecule is Cn1cccc1CNc1nnc(CCc2ccccc2)o1. The Kier molecular flexibility index (Phi) is 4.00. The number of nitrogens with one attached hydrogen (secondary N) is 1. The summed E-state index contributed by atoms with van der Waals surface area (Å²) in [5, 5.41) is 11.2. The molecule has 1 aromatic carbocycles. The minimum Gasteiger partial charge on any atom is -0.408 e. The predicted octanol–water partition coefficient (Wildman–Crippen LogP) is 2.81. The van der Waals surface area contributed by atoms with E-state index in [0.717, 1.165) is 12.8 Å². The molecule has 0 radical (unpaired) electrons. The number of anilines is 1. The van der Waals surface area contributed by atoms with Gasteiger partial charge in [-0.1, -0.05) is 35.4 Å². The molecule has 0 bridgehead atoms. The Hall–Kier alpha value is -2.56. The summed E-state index contributed by atoms with van der Waals surface area (Å²) in [6.45, 7) is 0.670. The summed E-state index contributed by atoms with van der Waals surface area (Å²) >= 11 is 0. The van der Waals surface area contributed by atoms with Crippen LogP contribution in [0, 0.1) is 0 Å². The third kappa shape index (κ3) is 3.51. The number of aromatic nitrogens is 3. The third-order valence-corrected chi connectivity index (χ3v) is 3.41. The highest BCUT2D eigenvalue weighted by Crippen LogP contribution is 2.11. The zero-order valence-corrected chi connectivity index (χ0v) is 12.0. The molecule has 21 heavy (non-hydrogen) atoms. The van der Waals surface area contributed by atoms with Crippen LogP contribution in [0.5, 0.6) is 0 Å². The maximum absolute atomic E-state index is 5.60. The Labute approximate surface area is 123 Å². The molecule has 0 unspecified atom stereocenters. The van der Waals surface area contributed by atoms with Crippen molar-refractivity contribution in [3.05, 3.63) is 65.8 Å². The molecule has 2 aromatic heterocycles. The van der Waals surface area contributed by atoms with Crippen LogP contribution in [0.4, 0.5) is 6.01 Å². The summed E-state index contributed by atoms with van der Waals surface area (Å²) in [6.07, 6.45) is 3.67. The molecule has 0 amide bonds. The van der Waals surface area contributed by atoms with E-state index in [2.05, 4.69) is 38.3 Å². The van der Waals surface area contributed by atoms with Gasteiger partial charge >= 0.3 is 6.01 Å². The maximum atomic E-state index is 5.60. The van der Waals surface area contributed by atoms with Crippen LogP contribution in [-0.4, -0.2) is 14.8 Å². The van der Waals surface area contributed by atoms with Crippen LogP contribution in [0.25, 0.3) is 0 Å². The molecule has 5 nitrogen and oxygen atoms in total. The van der Waals surface area contributed by atoms with Crippen LogP contribution in [0.3, 0.4) is 0 Å². The van der Waals surface area contributed by atoms with Gasteiger partial charge in [0.1, 0.15) is 0 Å². The molecule has 108 valence electrons. The second-order valence-electron chi connectivity index (χ2n) is 4.95. The van der Waals surface area contributed by atoms with Gasteiger partial charge in [0.2, 0.25) is 5.89 Å². The molecule has 0 atom stereocenters. The average Bonchev–Trinajstić information content (AvgIpc) is 3.13. The summed E-state index contributed by atoms with van der Waals surface area (Å²) in [4.78, 5) is 0. The Bertz CT molecular complexity index is 687. The molecule has 1 N–H and O–H groups in total. The summed E-state index contributed by atoms with van der Waals surface area (Å²) in [5.41, 5.74) is 2.44. The van der Waals surface area contributed by atoms with Gasteiger partial charge in [-0.2, -0.15) is 0 Å². The minimum absolute atomic E-state index is 0.472. The summed E-state index contributed by atoms with van der Waals surface area (Å²) in [6, 6.07) is 14.8. The van der Waals surface area contributed by atoms with E-state index in [4.69, 9.17) is 4.42 Å². The van der Waals surface area contributed by atoms with Gasteiger partial charge in [-0.05, 0) is 24.1 Å². The smallest absolute Gasteiger partial charge is 0.315 e. The van der Waals surface area contributed by atoms with Crippen molar-refractivity contribution in [1.29, 1.82) is 0 Å². The monoisotopic (exact) mass is 282 g/mol. The molecule has 0 aliphatic rings. The summed E-state index contributed by atoms with van der Waals surface area (Å²) in [5.74, 6) is 0.660. The van der Waals surface area contributed by atoms with E-state index < -0.39 is 0 Å². The van der Waals surface area contributed by atoms with Crippen LogP contribution < -0.4 is 5.32 Å². The normalized spacial score (nSPS) is 10.7. The van der Waals surface area contributed by atoms with E-state index in [1.165, 1.54) is 11.3 Å². The molecule has 0 fully saturated rings. The van der Waals surface area contributed by atoms with Gasteiger partial charge in [0, 0.05) is 25.4 Å². The van der Waals surface area contributed by atoms with E-state index in [-0.39, 0.29) is 0 Å². The molecule has 2 heterocycles. The van der Waals surface area contributed by atoms with Crippen molar-refractivity contribution in [2.75, 3.05) is 5.32 Å². The lowest BCUT2D eigenvalue weighted by atomic mass is 10.1. The lowest BCUT2D eigenvalue weighted by Crippen LogP contribution is -2.04. The predicted molar refractivity (Wildman–Crippen MR) is 80.9 cm³/mol. The fourth-order valence-corrected chi connectivity index (χ4v) is 2.17. The molecule has 0 aliphatic carbocycles. The van der Waals surface area contributed by atoms with Gasteiger partial charge in [0.05, 0.1) is 6.54 Å². The molecular weight excluding hydrogens is 264 g/mol. The van der Waals surface area contributed by atoms with Gasteiger partial charge in [0.15, 0.2) is 0 Å². The minimum atomic E-state index is 0.472. The van der Waals surface area contributed by atoms with Crippen molar-refractivity contribution in [3.8, 4) is 0 Å². The number of nitrogens with zero attached hydrogens (tertiary/aromatic N) is 3. The van der Waals surface area contributed by atoms with Gasteiger partial charge in [-0.15, -0.1) is 5.10 Å². The van der Waals surface area contributed by atoms with E-state index in [1.807, 2.05) is 37.5 Å². The molecule has 3 aromatic rings. The first-order valence-corrected chi connectivity index (χ1v) is 7.01.